The highest BCUT2D eigenvalue weighted by atomic mass is 32.1. The van der Waals surface area contributed by atoms with Gasteiger partial charge in [0.1, 0.15) is 0 Å². The lowest BCUT2D eigenvalue weighted by atomic mass is 10.4. The van der Waals surface area contributed by atoms with Crippen molar-refractivity contribution in [2.75, 3.05) is 39.5 Å². The number of rotatable bonds is 11. The molecule has 0 amide bonds. The minimum atomic E-state index is 0.730. The predicted octanol–water partition coefficient (Wildman–Crippen LogP) is 1.69. The third-order valence-electron chi connectivity index (χ3n) is 2.76. The van der Waals surface area contributed by atoms with Crippen molar-refractivity contribution in [3.8, 4) is 0 Å². The van der Waals surface area contributed by atoms with E-state index in [2.05, 4.69) is 10.6 Å². The smallest absolute Gasteiger partial charge is 0.166 e. The molecule has 0 aromatic rings. The Bertz CT molecular complexity index is 223. The first-order chi connectivity index (χ1) is 8.83. The molecule has 0 atom stereocenters. The summed E-state index contributed by atoms with van der Waals surface area (Å²) < 4.78 is 10.8. The summed E-state index contributed by atoms with van der Waals surface area (Å²) in [5.41, 5.74) is 0. The van der Waals surface area contributed by atoms with Gasteiger partial charge in [0.25, 0.3) is 0 Å². The van der Waals surface area contributed by atoms with Crippen molar-refractivity contribution in [2.45, 2.75) is 32.6 Å². The van der Waals surface area contributed by atoms with E-state index in [1.165, 1.54) is 12.8 Å². The highest BCUT2D eigenvalue weighted by molar-refractivity contribution is 7.80. The number of nitrogens with one attached hydrogen (secondary N) is 2. The quantitative estimate of drug-likeness (QED) is 0.443. The minimum Gasteiger partial charge on any atom is -0.382 e. The lowest BCUT2D eigenvalue weighted by molar-refractivity contribution is 0.123. The van der Waals surface area contributed by atoms with Gasteiger partial charge in [-0.25, -0.2) is 0 Å². The molecule has 0 aromatic carbocycles. The summed E-state index contributed by atoms with van der Waals surface area (Å²) >= 11 is 5.16. The molecule has 18 heavy (non-hydrogen) atoms. The van der Waals surface area contributed by atoms with Crippen LogP contribution in [0.25, 0.3) is 0 Å². The number of thiocarbonyl (C=S) groups is 1. The van der Waals surface area contributed by atoms with Crippen LogP contribution in [0, 0.1) is 5.92 Å². The van der Waals surface area contributed by atoms with Crippen LogP contribution in [0.5, 0.6) is 0 Å². The van der Waals surface area contributed by atoms with Crippen molar-refractivity contribution in [1.29, 1.82) is 0 Å². The summed E-state index contributed by atoms with van der Waals surface area (Å²) in [4.78, 5) is 0. The second-order valence-electron chi connectivity index (χ2n) is 4.60. The van der Waals surface area contributed by atoms with Gasteiger partial charge < -0.3 is 20.1 Å². The lowest BCUT2D eigenvalue weighted by Crippen LogP contribution is -2.36. The van der Waals surface area contributed by atoms with E-state index >= 15 is 0 Å². The molecule has 4 nitrogen and oxygen atoms in total. The van der Waals surface area contributed by atoms with Gasteiger partial charge in [-0.05, 0) is 50.7 Å². The molecule has 2 N–H and O–H groups in total. The molecule has 5 heteroatoms. The standard InChI is InChI=1S/C13H26N2O2S/c1-2-16-9-3-7-14-13(18)15-8-4-10-17-11-12-5-6-12/h12H,2-11H2,1H3,(H2,14,15,18). The summed E-state index contributed by atoms with van der Waals surface area (Å²) in [7, 11) is 0. The molecule has 0 unspecified atom stereocenters. The SMILES string of the molecule is CCOCCCNC(=S)NCCCOCC1CC1. The third kappa shape index (κ3) is 9.62. The first-order valence-electron chi connectivity index (χ1n) is 7.00. The molecule has 1 rings (SSSR count). The van der Waals surface area contributed by atoms with Gasteiger partial charge in [-0.15, -0.1) is 0 Å². The van der Waals surface area contributed by atoms with Crippen LogP contribution in [0.2, 0.25) is 0 Å². The highest BCUT2D eigenvalue weighted by Gasteiger charge is 2.20. The Morgan fingerprint density at radius 3 is 2.28 bits per heavy atom. The largest absolute Gasteiger partial charge is 0.382 e. The van der Waals surface area contributed by atoms with Crippen molar-refractivity contribution < 1.29 is 9.47 Å². The molecule has 0 saturated heterocycles. The maximum atomic E-state index is 5.54. The topological polar surface area (TPSA) is 42.5 Å². The first kappa shape index (κ1) is 15.7. The van der Waals surface area contributed by atoms with E-state index in [4.69, 9.17) is 21.7 Å². The van der Waals surface area contributed by atoms with Crippen molar-refractivity contribution in [3.63, 3.8) is 0 Å². The molecular formula is C13H26N2O2S. The molecule has 106 valence electrons. The fourth-order valence-corrected chi connectivity index (χ4v) is 1.70. The Balaban J connectivity index is 1.75. The number of hydrogen-bond donors (Lipinski definition) is 2. The van der Waals surface area contributed by atoms with Crippen molar-refractivity contribution in [3.05, 3.63) is 0 Å². The molecule has 1 aliphatic carbocycles. The second-order valence-corrected chi connectivity index (χ2v) is 5.01. The molecule has 1 fully saturated rings. The second kappa shape index (κ2) is 10.5. The fourth-order valence-electron chi connectivity index (χ4n) is 1.49. The maximum Gasteiger partial charge on any atom is 0.166 e. The molecule has 0 bridgehead atoms. The van der Waals surface area contributed by atoms with Gasteiger partial charge in [0.05, 0.1) is 0 Å². The number of ether oxygens (including phenoxy) is 2. The summed E-state index contributed by atoms with van der Waals surface area (Å²) in [5, 5.41) is 7.07. The lowest BCUT2D eigenvalue weighted by Gasteiger charge is -2.10. The third-order valence-corrected chi connectivity index (χ3v) is 3.05. The average Bonchev–Trinajstić information content (AvgIpc) is 3.17. The van der Waals surface area contributed by atoms with Gasteiger partial charge in [-0.2, -0.15) is 0 Å². The van der Waals surface area contributed by atoms with Crippen LogP contribution in [-0.2, 0) is 9.47 Å². The van der Waals surface area contributed by atoms with Gasteiger partial charge in [0.15, 0.2) is 5.11 Å². The van der Waals surface area contributed by atoms with Crippen molar-refractivity contribution >= 4 is 17.3 Å². The molecular weight excluding hydrogens is 248 g/mol. The van der Waals surface area contributed by atoms with Gasteiger partial charge in [-0.3, -0.25) is 0 Å². The zero-order valence-electron chi connectivity index (χ0n) is 11.4. The van der Waals surface area contributed by atoms with Crippen LogP contribution < -0.4 is 10.6 Å². The van der Waals surface area contributed by atoms with Gasteiger partial charge in [0, 0.05) is 39.5 Å². The van der Waals surface area contributed by atoms with Crippen LogP contribution in [0.3, 0.4) is 0 Å². The molecule has 1 saturated carbocycles. The van der Waals surface area contributed by atoms with E-state index < -0.39 is 0 Å². The molecule has 0 radical (unpaired) electrons. The van der Waals surface area contributed by atoms with E-state index in [-0.39, 0.29) is 0 Å². The maximum absolute atomic E-state index is 5.54. The monoisotopic (exact) mass is 274 g/mol. The molecule has 0 aromatic heterocycles. The van der Waals surface area contributed by atoms with Crippen LogP contribution in [0.4, 0.5) is 0 Å². The first-order valence-corrected chi connectivity index (χ1v) is 7.41. The average molecular weight is 274 g/mol. The summed E-state index contributed by atoms with van der Waals surface area (Å²) in [5.74, 6) is 0.853. The van der Waals surface area contributed by atoms with Gasteiger partial charge in [-0.1, -0.05) is 0 Å². The zero-order chi connectivity index (χ0) is 13.1. The normalized spacial score (nSPS) is 14.5. The Kier molecular flexibility index (Phi) is 9.16. The van der Waals surface area contributed by atoms with E-state index in [1.54, 1.807) is 0 Å². The van der Waals surface area contributed by atoms with E-state index in [0.29, 0.717) is 0 Å². The van der Waals surface area contributed by atoms with Crippen LogP contribution in [0.15, 0.2) is 0 Å². The van der Waals surface area contributed by atoms with E-state index in [0.717, 1.165) is 63.4 Å². The predicted molar refractivity (Wildman–Crippen MR) is 77.9 cm³/mol. The van der Waals surface area contributed by atoms with Crippen molar-refractivity contribution in [1.82, 2.24) is 10.6 Å². The van der Waals surface area contributed by atoms with Gasteiger partial charge in [0.2, 0.25) is 0 Å². The Morgan fingerprint density at radius 2 is 1.72 bits per heavy atom. The van der Waals surface area contributed by atoms with Crippen LogP contribution >= 0.6 is 12.2 Å². The summed E-state index contributed by atoms with van der Waals surface area (Å²) in [6.45, 7) is 7.10. The van der Waals surface area contributed by atoms with Crippen LogP contribution in [0.1, 0.15) is 32.6 Å². The summed E-state index contributed by atoms with van der Waals surface area (Å²) in [6, 6.07) is 0. The Hall–Kier alpha value is -0.390. The molecule has 1 aliphatic rings. The number of hydrogen-bond acceptors (Lipinski definition) is 3. The van der Waals surface area contributed by atoms with Gasteiger partial charge >= 0.3 is 0 Å². The summed E-state index contributed by atoms with van der Waals surface area (Å²) in [6.07, 6.45) is 4.70. The highest BCUT2D eigenvalue weighted by Crippen LogP contribution is 2.28. The molecule has 0 heterocycles. The van der Waals surface area contributed by atoms with E-state index in [1.807, 2.05) is 6.92 Å². The Morgan fingerprint density at radius 1 is 1.11 bits per heavy atom. The minimum absolute atomic E-state index is 0.730. The van der Waals surface area contributed by atoms with Crippen LogP contribution in [-0.4, -0.2) is 44.6 Å². The zero-order valence-corrected chi connectivity index (χ0v) is 12.2. The van der Waals surface area contributed by atoms with Crippen molar-refractivity contribution in [2.24, 2.45) is 5.92 Å². The fraction of sp³-hybridized carbons (Fsp3) is 0.923. The van der Waals surface area contributed by atoms with E-state index in [9.17, 15) is 0 Å². The molecule has 0 aliphatic heterocycles. The molecule has 0 spiro atoms. The Labute approximate surface area is 116 Å².